The summed E-state index contributed by atoms with van der Waals surface area (Å²) < 4.78 is 2.28. The Balaban J connectivity index is 1.82. The van der Waals surface area contributed by atoms with Crippen molar-refractivity contribution < 1.29 is 0 Å². The zero-order valence-corrected chi connectivity index (χ0v) is 12.6. The van der Waals surface area contributed by atoms with Crippen LogP contribution in [0.1, 0.15) is 72.1 Å². The number of unbranched alkanes of at least 4 members (excludes halogenated alkanes) is 6. The Bertz CT molecular complexity index is 279. The van der Waals surface area contributed by atoms with Gasteiger partial charge < -0.3 is 4.57 Å². The second kappa shape index (κ2) is 8.39. The maximum atomic E-state index is 2.34. The van der Waals surface area contributed by atoms with Crippen molar-refractivity contribution >= 4 is 0 Å². The average Bonchev–Trinajstić information content (AvgIpc) is 2.78. The zero-order valence-electron chi connectivity index (χ0n) is 12.6. The van der Waals surface area contributed by atoms with Crippen LogP contribution in [-0.4, -0.2) is 4.57 Å². The second-order valence-electron chi connectivity index (χ2n) is 6.71. The number of hydrogen-bond acceptors (Lipinski definition) is 0. The summed E-state index contributed by atoms with van der Waals surface area (Å²) in [6, 6.07) is 4.21. The molecule has 0 bridgehead atoms. The summed E-state index contributed by atoms with van der Waals surface area (Å²) in [5, 5.41) is 0. The molecule has 0 fully saturated rings. The summed E-state index contributed by atoms with van der Waals surface area (Å²) >= 11 is 0. The van der Waals surface area contributed by atoms with E-state index in [1.54, 1.807) is 0 Å². The highest BCUT2D eigenvalue weighted by Crippen LogP contribution is 2.22. The molecule has 0 saturated heterocycles. The number of hydrogen-bond donors (Lipinski definition) is 0. The molecule has 1 nitrogen and oxygen atoms in total. The molecule has 1 heteroatoms. The number of nitrogens with zero attached hydrogens (tertiary/aromatic N) is 1. The smallest absolute Gasteiger partial charge is 0.0219 e. The van der Waals surface area contributed by atoms with E-state index >= 15 is 0 Å². The van der Waals surface area contributed by atoms with Gasteiger partial charge in [0.15, 0.2) is 0 Å². The van der Waals surface area contributed by atoms with Crippen molar-refractivity contribution in [3.8, 4) is 0 Å². The first-order valence-electron chi connectivity index (χ1n) is 7.69. The minimum Gasteiger partial charge on any atom is -0.354 e. The molecule has 0 aliphatic heterocycles. The number of rotatable bonds is 9. The largest absolute Gasteiger partial charge is 0.354 e. The van der Waals surface area contributed by atoms with Crippen LogP contribution in [0.25, 0.3) is 0 Å². The Morgan fingerprint density at radius 2 is 1.22 bits per heavy atom. The Morgan fingerprint density at radius 3 is 1.78 bits per heavy atom. The van der Waals surface area contributed by atoms with Crippen molar-refractivity contribution in [2.75, 3.05) is 0 Å². The molecule has 1 aromatic rings. The van der Waals surface area contributed by atoms with Crippen molar-refractivity contribution in [3.63, 3.8) is 0 Å². The third kappa shape index (κ3) is 8.38. The Morgan fingerprint density at radius 1 is 0.722 bits per heavy atom. The van der Waals surface area contributed by atoms with Gasteiger partial charge in [0.25, 0.3) is 0 Å². The fourth-order valence-electron chi connectivity index (χ4n) is 2.35. The van der Waals surface area contributed by atoms with Gasteiger partial charge in [0, 0.05) is 18.9 Å². The summed E-state index contributed by atoms with van der Waals surface area (Å²) in [6.45, 7) is 8.22. The van der Waals surface area contributed by atoms with E-state index in [1.165, 1.54) is 57.9 Å². The van der Waals surface area contributed by atoms with E-state index in [1.807, 2.05) is 0 Å². The minimum atomic E-state index is 0.525. The molecule has 0 aromatic carbocycles. The van der Waals surface area contributed by atoms with E-state index in [2.05, 4.69) is 49.9 Å². The SMILES string of the molecule is CC(C)(C)CCCCCCCCCn1cccc1. The lowest BCUT2D eigenvalue weighted by molar-refractivity contribution is 0.356. The van der Waals surface area contributed by atoms with E-state index in [-0.39, 0.29) is 0 Å². The lowest BCUT2D eigenvalue weighted by Crippen LogP contribution is -2.03. The summed E-state index contributed by atoms with van der Waals surface area (Å²) in [5.74, 6) is 0. The monoisotopic (exact) mass is 249 g/mol. The summed E-state index contributed by atoms with van der Waals surface area (Å²) in [4.78, 5) is 0. The van der Waals surface area contributed by atoms with Crippen molar-refractivity contribution in [2.24, 2.45) is 5.41 Å². The summed E-state index contributed by atoms with van der Waals surface area (Å²) in [5.41, 5.74) is 0.525. The van der Waals surface area contributed by atoms with Crippen LogP contribution < -0.4 is 0 Å². The molecule has 0 aliphatic carbocycles. The van der Waals surface area contributed by atoms with E-state index < -0.39 is 0 Å². The third-order valence-electron chi connectivity index (χ3n) is 3.51. The zero-order chi connectivity index (χ0) is 13.3. The Hall–Kier alpha value is -0.720. The molecular weight excluding hydrogens is 218 g/mol. The maximum absolute atomic E-state index is 2.34. The third-order valence-corrected chi connectivity index (χ3v) is 3.51. The van der Waals surface area contributed by atoms with Gasteiger partial charge in [-0.05, 0) is 30.4 Å². The van der Waals surface area contributed by atoms with E-state index in [0.717, 1.165) is 0 Å². The fraction of sp³-hybridized carbons (Fsp3) is 0.765. The molecule has 0 spiro atoms. The van der Waals surface area contributed by atoms with Gasteiger partial charge in [-0.1, -0.05) is 59.3 Å². The summed E-state index contributed by atoms with van der Waals surface area (Å²) in [6.07, 6.45) is 15.5. The molecule has 0 radical (unpaired) electrons. The molecule has 104 valence electrons. The summed E-state index contributed by atoms with van der Waals surface area (Å²) in [7, 11) is 0. The van der Waals surface area contributed by atoms with Gasteiger partial charge in [-0.3, -0.25) is 0 Å². The van der Waals surface area contributed by atoms with Gasteiger partial charge in [0.1, 0.15) is 0 Å². The Kier molecular flexibility index (Phi) is 7.15. The van der Waals surface area contributed by atoms with Crippen LogP contribution in [0.3, 0.4) is 0 Å². The van der Waals surface area contributed by atoms with Crippen molar-refractivity contribution in [2.45, 2.75) is 78.7 Å². The molecule has 0 N–H and O–H groups in total. The lowest BCUT2D eigenvalue weighted by Gasteiger charge is -2.17. The van der Waals surface area contributed by atoms with Gasteiger partial charge in [0.05, 0.1) is 0 Å². The first-order chi connectivity index (χ1) is 8.58. The second-order valence-corrected chi connectivity index (χ2v) is 6.71. The first-order valence-corrected chi connectivity index (χ1v) is 7.69. The molecule has 0 aliphatic rings. The van der Waals surface area contributed by atoms with Crippen molar-refractivity contribution in [1.29, 1.82) is 0 Å². The van der Waals surface area contributed by atoms with E-state index in [9.17, 15) is 0 Å². The minimum absolute atomic E-state index is 0.525. The predicted molar refractivity (Wildman–Crippen MR) is 80.8 cm³/mol. The van der Waals surface area contributed by atoms with Crippen molar-refractivity contribution in [3.05, 3.63) is 24.5 Å². The molecule has 18 heavy (non-hydrogen) atoms. The average molecular weight is 249 g/mol. The van der Waals surface area contributed by atoms with Crippen LogP contribution in [0.5, 0.6) is 0 Å². The van der Waals surface area contributed by atoms with Crippen LogP contribution in [0, 0.1) is 5.41 Å². The fourth-order valence-corrected chi connectivity index (χ4v) is 2.35. The maximum Gasteiger partial charge on any atom is 0.0219 e. The van der Waals surface area contributed by atoms with E-state index in [4.69, 9.17) is 0 Å². The van der Waals surface area contributed by atoms with Gasteiger partial charge in [0.2, 0.25) is 0 Å². The highest BCUT2D eigenvalue weighted by molar-refractivity contribution is 4.89. The molecule has 0 saturated carbocycles. The quantitative estimate of drug-likeness (QED) is 0.498. The van der Waals surface area contributed by atoms with Crippen LogP contribution in [-0.2, 0) is 6.54 Å². The van der Waals surface area contributed by atoms with Gasteiger partial charge in [-0.25, -0.2) is 0 Å². The molecule has 0 atom stereocenters. The van der Waals surface area contributed by atoms with Gasteiger partial charge in [-0.15, -0.1) is 0 Å². The van der Waals surface area contributed by atoms with Crippen LogP contribution in [0.2, 0.25) is 0 Å². The predicted octanol–water partition coefficient (Wildman–Crippen LogP) is 5.66. The standard InChI is InChI=1S/C17H31N/c1-17(2,3)13-9-7-5-4-6-8-10-14-18-15-11-12-16-18/h11-12,15-16H,4-10,13-14H2,1-3H3. The molecule has 0 amide bonds. The number of aromatic nitrogens is 1. The van der Waals surface area contributed by atoms with E-state index in [0.29, 0.717) is 5.41 Å². The highest BCUT2D eigenvalue weighted by atomic mass is 14.9. The van der Waals surface area contributed by atoms with Crippen LogP contribution >= 0.6 is 0 Å². The number of aryl methyl sites for hydroxylation is 1. The molecular formula is C17H31N. The topological polar surface area (TPSA) is 4.93 Å². The Labute approximate surface area is 114 Å². The first kappa shape index (κ1) is 15.3. The molecule has 1 aromatic heterocycles. The lowest BCUT2D eigenvalue weighted by atomic mass is 9.89. The normalized spacial score (nSPS) is 11.9. The highest BCUT2D eigenvalue weighted by Gasteiger charge is 2.08. The van der Waals surface area contributed by atoms with Gasteiger partial charge in [-0.2, -0.15) is 0 Å². The van der Waals surface area contributed by atoms with Gasteiger partial charge >= 0.3 is 0 Å². The van der Waals surface area contributed by atoms with Crippen LogP contribution in [0.4, 0.5) is 0 Å². The van der Waals surface area contributed by atoms with Crippen LogP contribution in [0.15, 0.2) is 24.5 Å². The van der Waals surface area contributed by atoms with Crippen molar-refractivity contribution in [1.82, 2.24) is 4.57 Å². The molecule has 0 unspecified atom stereocenters. The molecule has 1 heterocycles. The molecule has 1 rings (SSSR count).